The number of carboxylic acids is 1. The number of aromatic nitrogens is 1. The van der Waals surface area contributed by atoms with E-state index in [1.54, 1.807) is 6.07 Å². The molecule has 0 spiro atoms. The number of carbonyl (C=O) groups excluding carboxylic acids is 2. The number of benzene rings is 1. The molecule has 8 heteroatoms. The highest BCUT2D eigenvalue weighted by Gasteiger charge is 2.07. The highest BCUT2D eigenvalue weighted by Crippen LogP contribution is 2.20. The van der Waals surface area contributed by atoms with Crippen LogP contribution in [0.25, 0.3) is 10.9 Å². The number of carboxylic acid groups (broad SMARTS) is 1. The normalized spacial score (nSPS) is 10.4. The predicted octanol–water partition coefficient (Wildman–Crippen LogP) is 1.80. The maximum atomic E-state index is 11.5. The van der Waals surface area contributed by atoms with Crippen molar-refractivity contribution in [1.82, 2.24) is 9.88 Å². The lowest BCUT2D eigenvalue weighted by Gasteiger charge is -2.08. The second-order valence-electron chi connectivity index (χ2n) is 5.14. The maximum absolute atomic E-state index is 11.5. The lowest BCUT2D eigenvalue weighted by molar-refractivity contribution is -0.138. The van der Waals surface area contributed by atoms with Crippen LogP contribution in [0, 0.1) is 0 Å². The van der Waals surface area contributed by atoms with Gasteiger partial charge in [0.1, 0.15) is 0 Å². The monoisotopic (exact) mass is 333 g/mol. The minimum atomic E-state index is -0.988. The first-order chi connectivity index (χ1) is 11.5. The van der Waals surface area contributed by atoms with Crippen LogP contribution >= 0.6 is 0 Å². The van der Waals surface area contributed by atoms with E-state index in [0.29, 0.717) is 18.8 Å². The van der Waals surface area contributed by atoms with Gasteiger partial charge < -0.3 is 19.7 Å². The number of ether oxygens (including phenoxy) is 1. The number of amides is 2. The average Bonchev–Trinajstić information content (AvgIpc) is 2.95. The summed E-state index contributed by atoms with van der Waals surface area (Å²) in [6, 6.07) is 7.37. The van der Waals surface area contributed by atoms with Crippen LogP contribution in [0.3, 0.4) is 0 Å². The SMILES string of the molecule is COC(=O)Nc1ccc2c(ccn2CCNC(=O)CCC(=O)O)c1. The van der Waals surface area contributed by atoms with E-state index >= 15 is 0 Å². The Hall–Kier alpha value is -3.03. The van der Waals surface area contributed by atoms with Crippen molar-refractivity contribution in [2.45, 2.75) is 19.4 Å². The largest absolute Gasteiger partial charge is 0.481 e. The topological polar surface area (TPSA) is 110 Å². The summed E-state index contributed by atoms with van der Waals surface area (Å²) in [6.45, 7) is 0.969. The van der Waals surface area contributed by atoms with Crippen molar-refractivity contribution in [1.29, 1.82) is 0 Å². The molecule has 2 rings (SSSR count). The molecule has 0 aliphatic carbocycles. The van der Waals surface area contributed by atoms with E-state index < -0.39 is 12.1 Å². The molecule has 3 N–H and O–H groups in total. The van der Waals surface area contributed by atoms with Crippen molar-refractivity contribution in [3.8, 4) is 0 Å². The molecule has 0 saturated carbocycles. The van der Waals surface area contributed by atoms with Crippen LogP contribution in [0.2, 0.25) is 0 Å². The summed E-state index contributed by atoms with van der Waals surface area (Å²) in [7, 11) is 1.30. The van der Waals surface area contributed by atoms with Crippen LogP contribution in [-0.2, 0) is 20.9 Å². The van der Waals surface area contributed by atoms with Gasteiger partial charge in [-0.15, -0.1) is 0 Å². The quantitative estimate of drug-likeness (QED) is 0.716. The zero-order valence-corrected chi connectivity index (χ0v) is 13.2. The van der Waals surface area contributed by atoms with Crippen LogP contribution < -0.4 is 10.6 Å². The lowest BCUT2D eigenvalue weighted by atomic mass is 10.2. The van der Waals surface area contributed by atoms with Crippen molar-refractivity contribution in [2.75, 3.05) is 19.0 Å². The summed E-state index contributed by atoms with van der Waals surface area (Å²) in [6.07, 6.45) is 1.16. The van der Waals surface area contributed by atoms with E-state index in [1.807, 2.05) is 29.0 Å². The van der Waals surface area contributed by atoms with E-state index in [0.717, 1.165) is 10.9 Å². The van der Waals surface area contributed by atoms with Crippen LogP contribution in [0.4, 0.5) is 10.5 Å². The molecular weight excluding hydrogens is 314 g/mol. The molecule has 0 radical (unpaired) electrons. The summed E-state index contributed by atoms with van der Waals surface area (Å²) >= 11 is 0. The molecule has 1 aromatic heterocycles. The van der Waals surface area contributed by atoms with Gasteiger partial charge in [-0.2, -0.15) is 0 Å². The van der Waals surface area contributed by atoms with Crippen molar-refractivity contribution in [3.63, 3.8) is 0 Å². The third-order valence-corrected chi connectivity index (χ3v) is 3.44. The Labute approximate surface area is 138 Å². The zero-order chi connectivity index (χ0) is 17.5. The molecule has 0 bridgehead atoms. The fourth-order valence-corrected chi connectivity index (χ4v) is 2.27. The van der Waals surface area contributed by atoms with Gasteiger partial charge >= 0.3 is 12.1 Å². The molecule has 0 saturated heterocycles. The van der Waals surface area contributed by atoms with Crippen molar-refractivity contribution < 1.29 is 24.2 Å². The summed E-state index contributed by atoms with van der Waals surface area (Å²) in [5, 5.41) is 14.8. The molecule has 0 atom stereocenters. The molecule has 0 aliphatic heterocycles. The van der Waals surface area contributed by atoms with Crippen LogP contribution in [0.15, 0.2) is 30.5 Å². The Kier molecular flexibility index (Phi) is 5.78. The van der Waals surface area contributed by atoms with Gasteiger partial charge in [-0.3, -0.25) is 14.9 Å². The third kappa shape index (κ3) is 4.73. The first-order valence-corrected chi connectivity index (χ1v) is 7.42. The number of hydrogen-bond acceptors (Lipinski definition) is 4. The van der Waals surface area contributed by atoms with Gasteiger partial charge in [0.15, 0.2) is 0 Å². The molecule has 0 unspecified atom stereocenters. The average molecular weight is 333 g/mol. The predicted molar refractivity (Wildman–Crippen MR) is 87.8 cm³/mol. The first kappa shape index (κ1) is 17.3. The van der Waals surface area contributed by atoms with Crippen LogP contribution in [0.1, 0.15) is 12.8 Å². The Bertz CT molecular complexity index is 753. The number of nitrogens with one attached hydrogen (secondary N) is 2. The molecule has 2 amide bonds. The molecule has 0 aliphatic rings. The molecule has 0 fully saturated rings. The van der Waals surface area contributed by atoms with E-state index in [-0.39, 0.29) is 18.7 Å². The molecule has 1 heterocycles. The fraction of sp³-hybridized carbons (Fsp3) is 0.312. The second kappa shape index (κ2) is 8.00. The summed E-state index contributed by atoms with van der Waals surface area (Å²) < 4.78 is 6.52. The number of hydrogen-bond donors (Lipinski definition) is 3. The molecule has 1 aromatic carbocycles. The van der Waals surface area contributed by atoms with Gasteiger partial charge in [0.05, 0.1) is 13.5 Å². The number of nitrogens with zero attached hydrogens (tertiary/aromatic N) is 1. The minimum Gasteiger partial charge on any atom is -0.481 e. The third-order valence-electron chi connectivity index (χ3n) is 3.44. The van der Waals surface area contributed by atoms with Crippen molar-refractivity contribution in [3.05, 3.63) is 30.5 Å². The van der Waals surface area contributed by atoms with Crippen LogP contribution in [-0.4, -0.2) is 41.3 Å². The minimum absolute atomic E-state index is 0.0235. The van der Waals surface area contributed by atoms with E-state index in [1.165, 1.54) is 7.11 Å². The number of aliphatic carboxylic acids is 1. The summed E-state index contributed by atoms with van der Waals surface area (Å²) in [4.78, 5) is 33.1. The molecule has 8 nitrogen and oxygen atoms in total. The fourth-order valence-electron chi connectivity index (χ4n) is 2.27. The van der Waals surface area contributed by atoms with Gasteiger partial charge in [0.25, 0.3) is 0 Å². The Morgan fingerprint density at radius 1 is 1.21 bits per heavy atom. The smallest absolute Gasteiger partial charge is 0.411 e. The Morgan fingerprint density at radius 2 is 2.00 bits per heavy atom. The van der Waals surface area contributed by atoms with Gasteiger partial charge in [0.2, 0.25) is 5.91 Å². The van der Waals surface area contributed by atoms with E-state index in [4.69, 9.17) is 5.11 Å². The molecule has 2 aromatic rings. The number of methoxy groups -OCH3 is 1. The zero-order valence-electron chi connectivity index (χ0n) is 13.2. The van der Waals surface area contributed by atoms with Gasteiger partial charge in [-0.05, 0) is 24.3 Å². The van der Waals surface area contributed by atoms with Crippen molar-refractivity contribution in [2.24, 2.45) is 0 Å². The first-order valence-electron chi connectivity index (χ1n) is 7.42. The highest BCUT2D eigenvalue weighted by atomic mass is 16.5. The standard InChI is InChI=1S/C16H19N3O5/c1-24-16(23)18-12-2-3-13-11(10-12)6-8-19(13)9-7-17-14(20)4-5-15(21)22/h2-3,6,8,10H,4-5,7,9H2,1H3,(H,17,20)(H,18,23)(H,21,22). The Balaban J connectivity index is 1.92. The van der Waals surface area contributed by atoms with Gasteiger partial charge in [0, 0.05) is 42.3 Å². The number of rotatable bonds is 7. The number of anilines is 1. The van der Waals surface area contributed by atoms with Gasteiger partial charge in [-0.1, -0.05) is 0 Å². The maximum Gasteiger partial charge on any atom is 0.411 e. The second-order valence-corrected chi connectivity index (χ2v) is 5.14. The van der Waals surface area contributed by atoms with Gasteiger partial charge in [-0.25, -0.2) is 4.79 Å². The molecule has 24 heavy (non-hydrogen) atoms. The summed E-state index contributed by atoms with van der Waals surface area (Å²) in [5.74, 6) is -1.27. The molecular formula is C16H19N3O5. The van der Waals surface area contributed by atoms with E-state index in [2.05, 4.69) is 15.4 Å². The van der Waals surface area contributed by atoms with Crippen molar-refractivity contribution >= 4 is 34.6 Å². The summed E-state index contributed by atoms with van der Waals surface area (Å²) in [5.41, 5.74) is 1.60. The van der Waals surface area contributed by atoms with E-state index in [9.17, 15) is 14.4 Å². The number of carbonyl (C=O) groups is 3. The molecule has 128 valence electrons. The Morgan fingerprint density at radius 3 is 2.71 bits per heavy atom. The highest BCUT2D eigenvalue weighted by molar-refractivity contribution is 5.90. The number of fused-ring (bicyclic) bond motifs is 1. The lowest BCUT2D eigenvalue weighted by Crippen LogP contribution is -2.27. The van der Waals surface area contributed by atoms with Crippen LogP contribution in [0.5, 0.6) is 0 Å².